The molecule has 4 atom stereocenters. The number of nitrogens with one attached hydrogen (secondary N) is 3. The highest BCUT2D eigenvalue weighted by Gasteiger charge is 2.30. The Bertz CT molecular complexity index is 989. The zero-order valence-corrected chi connectivity index (χ0v) is 20.6. The number of benzene rings is 1. The molecule has 4 unspecified atom stereocenters. The lowest BCUT2D eigenvalue weighted by atomic mass is 10.0. The Morgan fingerprint density at radius 1 is 0.811 bits per heavy atom. The van der Waals surface area contributed by atoms with Gasteiger partial charge in [0, 0.05) is 25.0 Å². The molecule has 14 nitrogen and oxygen atoms in total. The summed E-state index contributed by atoms with van der Waals surface area (Å²) in [6.07, 6.45) is -1.23. The number of hydrogen-bond donors (Lipinski definition) is 9. The molecule has 15 heteroatoms. The normalized spacial score (nSPS) is 13.9. The van der Waals surface area contributed by atoms with Crippen molar-refractivity contribution in [1.82, 2.24) is 16.0 Å². The van der Waals surface area contributed by atoms with Crippen molar-refractivity contribution >= 4 is 48.2 Å². The second-order valence-electron chi connectivity index (χ2n) is 8.12. The second-order valence-corrected chi connectivity index (χ2v) is 8.48. The Kier molecular flexibility index (Phi) is 12.9. The summed E-state index contributed by atoms with van der Waals surface area (Å²) in [6.45, 7) is 0. The predicted octanol–water partition coefficient (Wildman–Crippen LogP) is -2.14. The van der Waals surface area contributed by atoms with Crippen LogP contribution < -0.4 is 27.4 Å². The number of phenolic OH excluding ortho intramolecular Hbond substituents is 1. The smallest absolute Gasteiger partial charge is 0.326 e. The molecule has 1 aromatic carbocycles. The zero-order valence-electron chi connectivity index (χ0n) is 19.8. The lowest BCUT2D eigenvalue weighted by Gasteiger charge is -2.24. The molecular weight excluding hydrogens is 510 g/mol. The summed E-state index contributed by atoms with van der Waals surface area (Å²) in [5.41, 5.74) is 11.2. The number of hydrogen-bond acceptors (Lipinski definition) is 9. The van der Waals surface area contributed by atoms with Crippen LogP contribution in [0.3, 0.4) is 0 Å². The maximum absolute atomic E-state index is 13.0. The van der Waals surface area contributed by atoms with E-state index >= 15 is 0 Å². The molecule has 204 valence electrons. The van der Waals surface area contributed by atoms with Gasteiger partial charge in [0.05, 0.1) is 6.04 Å². The number of carbonyl (C=O) groups excluding carboxylic acids is 4. The highest BCUT2D eigenvalue weighted by Crippen LogP contribution is 2.12. The quantitative estimate of drug-likeness (QED) is 0.103. The third-order valence-corrected chi connectivity index (χ3v) is 5.49. The van der Waals surface area contributed by atoms with E-state index in [0.29, 0.717) is 5.56 Å². The van der Waals surface area contributed by atoms with Gasteiger partial charge in [0.15, 0.2) is 0 Å². The highest BCUT2D eigenvalue weighted by molar-refractivity contribution is 7.80. The van der Waals surface area contributed by atoms with Gasteiger partial charge in [0.25, 0.3) is 0 Å². The van der Waals surface area contributed by atoms with Gasteiger partial charge in [-0.15, -0.1) is 0 Å². The van der Waals surface area contributed by atoms with E-state index in [1.165, 1.54) is 24.3 Å². The zero-order chi connectivity index (χ0) is 28.1. The molecule has 37 heavy (non-hydrogen) atoms. The van der Waals surface area contributed by atoms with Crippen molar-refractivity contribution < 1.29 is 44.1 Å². The van der Waals surface area contributed by atoms with Gasteiger partial charge in [-0.05, 0) is 30.5 Å². The summed E-state index contributed by atoms with van der Waals surface area (Å²) in [5.74, 6) is -6.09. The molecule has 1 rings (SSSR count). The largest absolute Gasteiger partial charge is 0.508 e. The van der Waals surface area contributed by atoms with Crippen LogP contribution in [-0.2, 0) is 35.2 Å². The summed E-state index contributed by atoms with van der Waals surface area (Å²) >= 11 is 4.04. The summed E-state index contributed by atoms with van der Waals surface area (Å²) in [5, 5.41) is 34.6. The fourth-order valence-electron chi connectivity index (χ4n) is 3.05. The Labute approximate surface area is 217 Å². The first-order valence-corrected chi connectivity index (χ1v) is 11.8. The SMILES string of the molecule is NC(=O)CCC(NC(=O)C(Cc1ccc(O)cc1)NC(=O)C(CS)NC(=O)C(N)CCC(=O)O)C(=O)O. The minimum Gasteiger partial charge on any atom is -0.508 e. The van der Waals surface area contributed by atoms with Gasteiger partial charge in [0.1, 0.15) is 23.9 Å². The van der Waals surface area contributed by atoms with Gasteiger partial charge >= 0.3 is 11.9 Å². The average molecular weight is 542 g/mol. The molecule has 0 fully saturated rings. The Morgan fingerprint density at radius 3 is 1.86 bits per heavy atom. The molecule has 0 aromatic heterocycles. The van der Waals surface area contributed by atoms with Crippen LogP contribution in [0.1, 0.15) is 31.2 Å². The van der Waals surface area contributed by atoms with Gasteiger partial charge < -0.3 is 42.7 Å². The van der Waals surface area contributed by atoms with E-state index in [2.05, 4.69) is 28.6 Å². The molecule has 4 amide bonds. The predicted molar refractivity (Wildman–Crippen MR) is 132 cm³/mol. The van der Waals surface area contributed by atoms with Crippen LogP contribution in [0.25, 0.3) is 0 Å². The fraction of sp³-hybridized carbons (Fsp3) is 0.455. The van der Waals surface area contributed by atoms with Crippen LogP contribution in [0.2, 0.25) is 0 Å². The molecule has 0 spiro atoms. The molecule has 0 saturated heterocycles. The van der Waals surface area contributed by atoms with Crippen molar-refractivity contribution in [3.05, 3.63) is 29.8 Å². The minimum atomic E-state index is -1.47. The molecule has 1 aromatic rings. The average Bonchev–Trinajstić information content (AvgIpc) is 2.83. The van der Waals surface area contributed by atoms with Gasteiger partial charge in [-0.25, -0.2) is 4.79 Å². The van der Waals surface area contributed by atoms with Crippen LogP contribution in [0.5, 0.6) is 5.75 Å². The van der Waals surface area contributed by atoms with E-state index in [1.54, 1.807) is 0 Å². The summed E-state index contributed by atoms with van der Waals surface area (Å²) in [7, 11) is 0. The van der Waals surface area contributed by atoms with Crippen LogP contribution in [0.15, 0.2) is 24.3 Å². The standard InChI is InChI=1S/C22H31N5O9S/c23-13(5-8-18(30)31)19(32)27-16(10-37)21(34)26-15(9-11-1-3-12(28)4-2-11)20(33)25-14(22(35)36)6-7-17(24)29/h1-4,13-16,28,37H,5-10,23H2,(H2,24,29)(H,25,33)(H,26,34)(H,27,32)(H,30,31)(H,35,36). The maximum Gasteiger partial charge on any atom is 0.326 e. The van der Waals surface area contributed by atoms with E-state index < -0.39 is 59.7 Å². The van der Waals surface area contributed by atoms with E-state index in [9.17, 15) is 39.0 Å². The third-order valence-electron chi connectivity index (χ3n) is 5.12. The van der Waals surface area contributed by atoms with Crippen LogP contribution in [0.4, 0.5) is 0 Å². The number of nitrogens with two attached hydrogens (primary N) is 2. The first kappa shape index (κ1) is 31.2. The first-order valence-electron chi connectivity index (χ1n) is 11.1. The van der Waals surface area contributed by atoms with E-state index in [0.717, 1.165) is 0 Å². The van der Waals surface area contributed by atoms with Crippen molar-refractivity contribution in [3.8, 4) is 5.75 Å². The number of aliphatic carboxylic acids is 2. The number of thiol groups is 1. The number of carboxylic acid groups (broad SMARTS) is 2. The van der Waals surface area contributed by atoms with Gasteiger partial charge in [-0.3, -0.25) is 24.0 Å². The molecule has 10 N–H and O–H groups in total. The Hall–Kier alpha value is -3.85. The van der Waals surface area contributed by atoms with Crippen molar-refractivity contribution in [3.63, 3.8) is 0 Å². The topological polar surface area (TPSA) is 251 Å². The summed E-state index contributed by atoms with van der Waals surface area (Å²) in [4.78, 5) is 71.4. The lowest BCUT2D eigenvalue weighted by molar-refractivity contribution is -0.142. The fourth-order valence-corrected chi connectivity index (χ4v) is 3.31. The third kappa shape index (κ3) is 11.6. The van der Waals surface area contributed by atoms with E-state index in [1.807, 2.05) is 0 Å². The number of primary amides is 1. The number of carbonyl (C=O) groups is 6. The number of amides is 4. The Morgan fingerprint density at radius 2 is 1.35 bits per heavy atom. The molecular formula is C22H31N5O9S. The Balaban J connectivity index is 3.03. The van der Waals surface area contributed by atoms with Crippen molar-refractivity contribution in [1.29, 1.82) is 0 Å². The number of aromatic hydroxyl groups is 1. The maximum atomic E-state index is 13.0. The number of phenols is 1. The van der Waals surface area contributed by atoms with Gasteiger partial charge in [-0.1, -0.05) is 12.1 Å². The van der Waals surface area contributed by atoms with Gasteiger partial charge in [-0.2, -0.15) is 12.6 Å². The van der Waals surface area contributed by atoms with Gasteiger partial charge in [0.2, 0.25) is 23.6 Å². The molecule has 0 aliphatic heterocycles. The summed E-state index contributed by atoms with van der Waals surface area (Å²) in [6, 6.07) is 0.434. The molecule has 0 saturated carbocycles. The van der Waals surface area contributed by atoms with Crippen LogP contribution >= 0.6 is 12.6 Å². The van der Waals surface area contributed by atoms with E-state index in [-0.39, 0.29) is 43.6 Å². The summed E-state index contributed by atoms with van der Waals surface area (Å²) < 4.78 is 0. The molecule has 0 heterocycles. The van der Waals surface area contributed by atoms with Crippen molar-refractivity contribution in [2.45, 2.75) is 56.3 Å². The van der Waals surface area contributed by atoms with Crippen LogP contribution in [0, 0.1) is 0 Å². The number of carboxylic acids is 2. The molecule has 0 aliphatic rings. The van der Waals surface area contributed by atoms with E-state index in [4.69, 9.17) is 16.6 Å². The molecule has 0 bridgehead atoms. The number of rotatable bonds is 16. The first-order chi connectivity index (χ1) is 17.3. The highest BCUT2D eigenvalue weighted by atomic mass is 32.1. The van der Waals surface area contributed by atoms with Crippen molar-refractivity contribution in [2.24, 2.45) is 11.5 Å². The lowest BCUT2D eigenvalue weighted by Crippen LogP contribution is -2.58. The molecule has 0 aliphatic carbocycles. The second kappa shape index (κ2) is 15.3. The van der Waals surface area contributed by atoms with Crippen molar-refractivity contribution in [2.75, 3.05) is 5.75 Å². The minimum absolute atomic E-state index is 0.0386. The van der Waals surface area contributed by atoms with Crippen LogP contribution in [-0.4, -0.2) is 80.8 Å². The monoisotopic (exact) mass is 541 g/mol. The molecule has 0 radical (unpaired) electrons.